The number of amides is 1. The Morgan fingerprint density at radius 3 is 3.14 bits per heavy atom. The third-order valence-electron chi connectivity index (χ3n) is 3.12. The Labute approximate surface area is 126 Å². The number of nitrogens with one attached hydrogen (secondary N) is 2. The molecule has 110 valence electrons. The van der Waals surface area contributed by atoms with Gasteiger partial charge in [-0.3, -0.25) is 4.79 Å². The fourth-order valence-corrected chi connectivity index (χ4v) is 3.06. The van der Waals surface area contributed by atoms with E-state index in [9.17, 15) is 4.79 Å². The first kappa shape index (κ1) is 14.0. The van der Waals surface area contributed by atoms with E-state index in [4.69, 9.17) is 0 Å². The molecule has 1 amide bonds. The molecule has 1 atom stereocenters. The number of nitrogens with zero attached hydrogens (tertiary/aromatic N) is 4. The average molecular weight is 304 g/mol. The molecule has 0 spiro atoms. The smallest absolute Gasteiger partial charge is 0.226 e. The third-order valence-corrected chi connectivity index (χ3v) is 4.25. The SMILES string of the molecule is O=C(CC1CSCCN1)Nc1ccc(-n2cncn2)nc1. The van der Waals surface area contributed by atoms with Gasteiger partial charge in [0.2, 0.25) is 5.91 Å². The summed E-state index contributed by atoms with van der Waals surface area (Å²) in [6.07, 6.45) is 5.13. The molecule has 3 rings (SSSR count). The Bertz CT molecular complexity index is 579. The van der Waals surface area contributed by atoms with Gasteiger partial charge in [0.15, 0.2) is 5.82 Å². The quantitative estimate of drug-likeness (QED) is 0.865. The Balaban J connectivity index is 1.56. The number of carbonyl (C=O) groups excluding carboxylic acids is 1. The van der Waals surface area contributed by atoms with Gasteiger partial charge in [0.05, 0.1) is 11.9 Å². The molecule has 2 aromatic rings. The molecule has 21 heavy (non-hydrogen) atoms. The largest absolute Gasteiger partial charge is 0.325 e. The van der Waals surface area contributed by atoms with Crippen LogP contribution in [0.3, 0.4) is 0 Å². The number of carbonyl (C=O) groups is 1. The van der Waals surface area contributed by atoms with Gasteiger partial charge in [0.1, 0.15) is 12.7 Å². The lowest BCUT2D eigenvalue weighted by molar-refractivity contribution is -0.116. The first-order valence-corrected chi connectivity index (χ1v) is 7.89. The van der Waals surface area contributed by atoms with Crippen molar-refractivity contribution in [3.8, 4) is 5.82 Å². The van der Waals surface area contributed by atoms with Gasteiger partial charge < -0.3 is 10.6 Å². The maximum atomic E-state index is 12.0. The fraction of sp³-hybridized carbons (Fsp3) is 0.385. The Kier molecular flexibility index (Phi) is 4.46. The normalized spacial score (nSPS) is 18.4. The van der Waals surface area contributed by atoms with Gasteiger partial charge in [-0.15, -0.1) is 0 Å². The third kappa shape index (κ3) is 3.79. The first-order valence-electron chi connectivity index (χ1n) is 6.73. The molecule has 1 aliphatic heterocycles. The predicted molar refractivity (Wildman–Crippen MR) is 81.5 cm³/mol. The van der Waals surface area contributed by atoms with Gasteiger partial charge in [-0.25, -0.2) is 14.6 Å². The van der Waals surface area contributed by atoms with Gasteiger partial charge in [-0.2, -0.15) is 16.9 Å². The molecule has 1 aliphatic rings. The van der Waals surface area contributed by atoms with E-state index in [2.05, 4.69) is 25.7 Å². The van der Waals surface area contributed by atoms with Crippen LogP contribution in [0.2, 0.25) is 0 Å². The van der Waals surface area contributed by atoms with Gasteiger partial charge in [-0.1, -0.05) is 0 Å². The summed E-state index contributed by atoms with van der Waals surface area (Å²) in [5, 5.41) is 10.2. The van der Waals surface area contributed by atoms with Crippen LogP contribution >= 0.6 is 11.8 Å². The maximum Gasteiger partial charge on any atom is 0.226 e. The molecule has 1 saturated heterocycles. The molecular weight excluding hydrogens is 288 g/mol. The molecule has 1 fully saturated rings. The van der Waals surface area contributed by atoms with Crippen molar-refractivity contribution in [2.75, 3.05) is 23.4 Å². The highest BCUT2D eigenvalue weighted by Crippen LogP contribution is 2.12. The zero-order valence-corrected chi connectivity index (χ0v) is 12.2. The minimum absolute atomic E-state index is 0.00491. The van der Waals surface area contributed by atoms with Crippen LogP contribution in [0.15, 0.2) is 31.0 Å². The summed E-state index contributed by atoms with van der Waals surface area (Å²) in [5.41, 5.74) is 0.687. The van der Waals surface area contributed by atoms with Crippen molar-refractivity contribution in [3.63, 3.8) is 0 Å². The van der Waals surface area contributed by atoms with E-state index in [0.29, 0.717) is 17.9 Å². The minimum Gasteiger partial charge on any atom is -0.325 e. The number of aromatic nitrogens is 4. The molecule has 0 saturated carbocycles. The van der Waals surface area contributed by atoms with Crippen molar-refractivity contribution in [1.82, 2.24) is 25.1 Å². The number of hydrogen-bond donors (Lipinski definition) is 2. The van der Waals surface area contributed by atoms with Crippen LogP contribution in [-0.2, 0) is 4.79 Å². The first-order chi connectivity index (χ1) is 10.3. The topological polar surface area (TPSA) is 84.7 Å². The van der Waals surface area contributed by atoms with E-state index >= 15 is 0 Å². The lowest BCUT2D eigenvalue weighted by atomic mass is 10.2. The summed E-state index contributed by atoms with van der Waals surface area (Å²) >= 11 is 1.88. The lowest BCUT2D eigenvalue weighted by Gasteiger charge is -2.22. The monoisotopic (exact) mass is 304 g/mol. The molecule has 0 aliphatic carbocycles. The fourth-order valence-electron chi connectivity index (χ4n) is 2.11. The predicted octanol–water partition coefficient (Wildman–Crippen LogP) is 0.696. The second-order valence-corrected chi connectivity index (χ2v) is 5.87. The van der Waals surface area contributed by atoms with Crippen LogP contribution in [0, 0.1) is 0 Å². The van der Waals surface area contributed by atoms with E-state index < -0.39 is 0 Å². The highest BCUT2D eigenvalue weighted by Gasteiger charge is 2.16. The van der Waals surface area contributed by atoms with Crippen LogP contribution in [0.5, 0.6) is 0 Å². The minimum atomic E-state index is 0.00491. The van der Waals surface area contributed by atoms with E-state index in [0.717, 1.165) is 18.1 Å². The van der Waals surface area contributed by atoms with Gasteiger partial charge in [0, 0.05) is 30.5 Å². The summed E-state index contributed by atoms with van der Waals surface area (Å²) in [7, 11) is 0. The van der Waals surface area contributed by atoms with Crippen LogP contribution in [0.25, 0.3) is 5.82 Å². The Hall–Kier alpha value is -1.93. The van der Waals surface area contributed by atoms with Crippen LogP contribution in [-0.4, -0.2) is 49.7 Å². The molecule has 7 nitrogen and oxygen atoms in total. The zero-order chi connectivity index (χ0) is 14.5. The Morgan fingerprint density at radius 1 is 1.52 bits per heavy atom. The summed E-state index contributed by atoms with van der Waals surface area (Å²) in [5.74, 6) is 2.77. The molecule has 0 aromatic carbocycles. The molecule has 2 aromatic heterocycles. The highest BCUT2D eigenvalue weighted by molar-refractivity contribution is 7.99. The van der Waals surface area contributed by atoms with Crippen molar-refractivity contribution < 1.29 is 4.79 Å². The second kappa shape index (κ2) is 6.68. The average Bonchev–Trinajstić information content (AvgIpc) is 3.03. The summed E-state index contributed by atoms with van der Waals surface area (Å²) in [6.45, 7) is 0.969. The molecule has 1 unspecified atom stereocenters. The highest BCUT2D eigenvalue weighted by atomic mass is 32.2. The molecule has 8 heteroatoms. The van der Waals surface area contributed by atoms with Gasteiger partial charge in [0.25, 0.3) is 0 Å². The van der Waals surface area contributed by atoms with Crippen molar-refractivity contribution in [3.05, 3.63) is 31.0 Å². The van der Waals surface area contributed by atoms with Crippen molar-refractivity contribution >= 4 is 23.4 Å². The zero-order valence-electron chi connectivity index (χ0n) is 11.4. The van der Waals surface area contributed by atoms with Crippen molar-refractivity contribution in [2.24, 2.45) is 0 Å². The lowest BCUT2D eigenvalue weighted by Crippen LogP contribution is -2.39. The van der Waals surface area contributed by atoms with Gasteiger partial charge in [-0.05, 0) is 12.1 Å². The van der Waals surface area contributed by atoms with E-state index in [1.165, 1.54) is 6.33 Å². The summed E-state index contributed by atoms with van der Waals surface area (Å²) in [6, 6.07) is 3.86. The molecule has 2 N–H and O–H groups in total. The molecule has 0 bridgehead atoms. The number of hydrogen-bond acceptors (Lipinski definition) is 6. The second-order valence-electron chi connectivity index (χ2n) is 4.72. The Morgan fingerprint density at radius 2 is 2.48 bits per heavy atom. The number of pyridine rings is 1. The summed E-state index contributed by atoms with van der Waals surface area (Å²) in [4.78, 5) is 20.1. The van der Waals surface area contributed by atoms with Crippen LogP contribution in [0.1, 0.15) is 6.42 Å². The van der Waals surface area contributed by atoms with E-state index in [1.807, 2.05) is 17.8 Å². The van der Waals surface area contributed by atoms with Crippen LogP contribution in [0.4, 0.5) is 5.69 Å². The molecule has 0 radical (unpaired) electrons. The van der Waals surface area contributed by atoms with E-state index in [1.54, 1.807) is 23.3 Å². The van der Waals surface area contributed by atoms with Gasteiger partial charge >= 0.3 is 0 Å². The van der Waals surface area contributed by atoms with E-state index in [-0.39, 0.29) is 11.9 Å². The summed E-state index contributed by atoms with van der Waals surface area (Å²) < 4.78 is 1.56. The number of rotatable bonds is 4. The molecular formula is C13H16N6OS. The van der Waals surface area contributed by atoms with Crippen molar-refractivity contribution in [1.29, 1.82) is 0 Å². The standard InChI is InChI=1S/C13H16N6OS/c20-13(5-11-7-21-4-3-15-11)18-10-1-2-12(16-6-10)19-9-14-8-17-19/h1-2,6,8-9,11,15H,3-5,7H2,(H,18,20). The number of anilines is 1. The number of thioether (sulfide) groups is 1. The van der Waals surface area contributed by atoms with Crippen molar-refractivity contribution in [2.45, 2.75) is 12.5 Å². The van der Waals surface area contributed by atoms with Crippen LogP contribution < -0.4 is 10.6 Å². The maximum absolute atomic E-state index is 12.0. The molecule has 3 heterocycles.